The van der Waals surface area contributed by atoms with Gasteiger partial charge >= 0.3 is 5.97 Å². The highest BCUT2D eigenvalue weighted by molar-refractivity contribution is 5.90. The van der Waals surface area contributed by atoms with Crippen LogP contribution in [0.2, 0.25) is 0 Å². The summed E-state index contributed by atoms with van der Waals surface area (Å²) in [6.07, 6.45) is 2.94. The van der Waals surface area contributed by atoms with Crippen LogP contribution in [-0.4, -0.2) is 64.8 Å². The number of fused-ring (bicyclic) bond motifs is 1. The second kappa shape index (κ2) is 8.20. The molecule has 150 valence electrons. The van der Waals surface area contributed by atoms with E-state index in [4.69, 9.17) is 14.2 Å². The smallest absolute Gasteiger partial charge is 0.341 e. The molecule has 1 aromatic carbocycles. The van der Waals surface area contributed by atoms with Crippen LogP contribution in [0.1, 0.15) is 35.8 Å². The summed E-state index contributed by atoms with van der Waals surface area (Å²) in [6.45, 7) is 5.06. The molecule has 4 rings (SSSR count). The van der Waals surface area contributed by atoms with E-state index in [0.29, 0.717) is 50.0 Å². The molecule has 0 amide bonds. The van der Waals surface area contributed by atoms with Gasteiger partial charge in [0.1, 0.15) is 18.8 Å². The third-order valence-corrected chi connectivity index (χ3v) is 4.99. The van der Waals surface area contributed by atoms with E-state index in [9.17, 15) is 9.90 Å². The van der Waals surface area contributed by atoms with Gasteiger partial charge in [0.15, 0.2) is 11.5 Å². The average molecular weight is 387 g/mol. The molecule has 1 aromatic heterocycles. The van der Waals surface area contributed by atoms with Crippen LogP contribution >= 0.6 is 0 Å². The van der Waals surface area contributed by atoms with Crippen molar-refractivity contribution in [1.82, 2.24) is 14.7 Å². The molecule has 8 heteroatoms. The summed E-state index contributed by atoms with van der Waals surface area (Å²) in [5, 5.41) is 14.5. The van der Waals surface area contributed by atoms with E-state index in [1.54, 1.807) is 17.8 Å². The molecule has 0 saturated carbocycles. The number of β-amino-alcohol motifs (C(OH)–C–C–N with tert-alkyl or cyclic N) is 1. The van der Waals surface area contributed by atoms with Gasteiger partial charge < -0.3 is 19.3 Å². The van der Waals surface area contributed by atoms with Crippen LogP contribution in [-0.2, 0) is 11.3 Å². The van der Waals surface area contributed by atoms with Crippen LogP contribution in [0.15, 0.2) is 24.4 Å². The number of ether oxygens (including phenoxy) is 3. The van der Waals surface area contributed by atoms with Crippen LogP contribution in [0.3, 0.4) is 0 Å². The second-order valence-electron chi connectivity index (χ2n) is 7.00. The molecule has 0 aliphatic carbocycles. The summed E-state index contributed by atoms with van der Waals surface area (Å²) in [7, 11) is 0. The molecule has 2 aliphatic rings. The zero-order chi connectivity index (χ0) is 19.5. The maximum absolute atomic E-state index is 12.5. The largest absolute Gasteiger partial charge is 0.486 e. The van der Waals surface area contributed by atoms with Crippen molar-refractivity contribution in [2.24, 2.45) is 0 Å². The summed E-state index contributed by atoms with van der Waals surface area (Å²) in [6, 6.07) is 5.61. The maximum atomic E-state index is 12.5. The third kappa shape index (κ3) is 3.83. The molecule has 1 N–H and O–H groups in total. The summed E-state index contributed by atoms with van der Waals surface area (Å²) >= 11 is 0. The SMILES string of the molecule is CCOC(=O)c1cnn(-c2ccc3c(c2)OCCO3)c1CN1CCC[C@@H](O)C1. The van der Waals surface area contributed by atoms with Gasteiger partial charge in [-0.05, 0) is 38.4 Å². The van der Waals surface area contributed by atoms with E-state index in [1.165, 1.54) is 0 Å². The Hall–Kier alpha value is -2.58. The number of benzene rings is 1. The lowest BCUT2D eigenvalue weighted by molar-refractivity contribution is 0.0517. The first-order valence-electron chi connectivity index (χ1n) is 9.70. The molecular weight excluding hydrogens is 362 g/mol. The molecule has 3 heterocycles. The number of esters is 1. The standard InChI is InChI=1S/C20H25N3O5/c1-2-26-20(25)16-11-21-23(17(16)13-22-7-3-4-15(24)12-22)14-5-6-18-19(10-14)28-9-8-27-18/h5-6,10-11,15,24H,2-4,7-9,12-13H2,1H3/t15-/m1/s1. The molecule has 2 aromatic rings. The van der Waals surface area contributed by atoms with E-state index in [0.717, 1.165) is 30.8 Å². The highest BCUT2D eigenvalue weighted by Gasteiger charge is 2.25. The Morgan fingerprint density at radius 3 is 2.93 bits per heavy atom. The number of hydrogen-bond donors (Lipinski definition) is 1. The van der Waals surface area contributed by atoms with Crippen LogP contribution in [0.4, 0.5) is 0 Å². The van der Waals surface area contributed by atoms with Gasteiger partial charge in [0, 0.05) is 19.2 Å². The topological polar surface area (TPSA) is 86.0 Å². The monoisotopic (exact) mass is 387 g/mol. The number of carbonyl (C=O) groups excluding carboxylic acids is 1. The number of likely N-dealkylation sites (tertiary alicyclic amines) is 1. The summed E-state index contributed by atoms with van der Waals surface area (Å²) < 4.78 is 18.2. The fourth-order valence-corrected chi connectivity index (χ4v) is 3.68. The Bertz CT molecular complexity index is 850. The van der Waals surface area contributed by atoms with Crippen LogP contribution in [0.5, 0.6) is 11.5 Å². The fraction of sp³-hybridized carbons (Fsp3) is 0.500. The lowest BCUT2D eigenvalue weighted by Gasteiger charge is -2.30. The summed E-state index contributed by atoms with van der Waals surface area (Å²) in [5.74, 6) is 0.976. The van der Waals surface area contributed by atoms with Crippen molar-refractivity contribution in [3.05, 3.63) is 35.7 Å². The zero-order valence-corrected chi connectivity index (χ0v) is 16.0. The van der Waals surface area contributed by atoms with Gasteiger partial charge in [0.05, 0.1) is 30.3 Å². The number of hydrogen-bond acceptors (Lipinski definition) is 7. The Morgan fingerprint density at radius 2 is 2.14 bits per heavy atom. The van der Waals surface area contributed by atoms with Gasteiger partial charge in [-0.15, -0.1) is 0 Å². The molecular formula is C20H25N3O5. The van der Waals surface area contributed by atoms with Gasteiger partial charge in [0.2, 0.25) is 0 Å². The van der Waals surface area contributed by atoms with Crippen LogP contribution < -0.4 is 9.47 Å². The van der Waals surface area contributed by atoms with E-state index in [-0.39, 0.29) is 12.1 Å². The van der Waals surface area contributed by atoms with Crippen molar-refractivity contribution in [1.29, 1.82) is 0 Å². The van der Waals surface area contributed by atoms with E-state index in [2.05, 4.69) is 10.00 Å². The highest BCUT2D eigenvalue weighted by atomic mass is 16.6. The Balaban J connectivity index is 1.69. The quantitative estimate of drug-likeness (QED) is 0.783. The Kier molecular flexibility index (Phi) is 5.50. The number of aliphatic hydroxyl groups is 1. The van der Waals surface area contributed by atoms with Crippen molar-refractivity contribution < 1.29 is 24.1 Å². The predicted molar refractivity (Wildman–Crippen MR) is 101 cm³/mol. The predicted octanol–water partition coefficient (Wildman–Crippen LogP) is 1.78. The minimum atomic E-state index is -0.390. The first kappa shape index (κ1) is 18.8. The fourth-order valence-electron chi connectivity index (χ4n) is 3.68. The molecule has 0 spiro atoms. The lowest BCUT2D eigenvalue weighted by Crippen LogP contribution is -2.38. The molecule has 0 unspecified atom stereocenters. The molecule has 1 saturated heterocycles. The van der Waals surface area contributed by atoms with Gasteiger partial charge in [-0.1, -0.05) is 0 Å². The van der Waals surface area contributed by atoms with Gasteiger partial charge in [0.25, 0.3) is 0 Å². The van der Waals surface area contributed by atoms with E-state index >= 15 is 0 Å². The van der Waals surface area contributed by atoms with Crippen molar-refractivity contribution in [3.63, 3.8) is 0 Å². The minimum absolute atomic E-state index is 0.301. The molecule has 2 aliphatic heterocycles. The summed E-state index contributed by atoms with van der Waals surface area (Å²) in [5.41, 5.74) is 1.97. The zero-order valence-electron chi connectivity index (χ0n) is 16.0. The van der Waals surface area contributed by atoms with Crippen LogP contribution in [0, 0.1) is 0 Å². The lowest BCUT2D eigenvalue weighted by atomic mass is 10.1. The van der Waals surface area contributed by atoms with Crippen molar-refractivity contribution in [3.8, 4) is 17.2 Å². The van der Waals surface area contributed by atoms with Crippen molar-refractivity contribution in [2.75, 3.05) is 32.9 Å². The van der Waals surface area contributed by atoms with Gasteiger partial charge in [-0.25, -0.2) is 9.48 Å². The van der Waals surface area contributed by atoms with E-state index < -0.39 is 0 Å². The minimum Gasteiger partial charge on any atom is -0.486 e. The molecule has 28 heavy (non-hydrogen) atoms. The number of aliphatic hydroxyl groups excluding tert-OH is 1. The van der Waals surface area contributed by atoms with Crippen molar-refractivity contribution in [2.45, 2.75) is 32.4 Å². The average Bonchev–Trinajstić information content (AvgIpc) is 3.11. The number of piperidine rings is 1. The number of aromatic nitrogens is 2. The van der Waals surface area contributed by atoms with E-state index in [1.807, 2.05) is 18.2 Å². The Morgan fingerprint density at radius 1 is 1.32 bits per heavy atom. The van der Waals surface area contributed by atoms with Gasteiger partial charge in [-0.3, -0.25) is 4.90 Å². The third-order valence-electron chi connectivity index (χ3n) is 4.99. The molecule has 1 atom stereocenters. The molecule has 1 fully saturated rings. The Labute approximate surface area is 163 Å². The van der Waals surface area contributed by atoms with Crippen molar-refractivity contribution >= 4 is 5.97 Å². The molecule has 0 bridgehead atoms. The number of rotatable bonds is 5. The summed E-state index contributed by atoms with van der Waals surface area (Å²) in [4.78, 5) is 14.6. The van der Waals surface area contributed by atoms with Crippen LogP contribution in [0.25, 0.3) is 5.69 Å². The first-order valence-corrected chi connectivity index (χ1v) is 9.70. The molecule has 0 radical (unpaired) electrons. The number of carbonyl (C=O) groups is 1. The second-order valence-corrected chi connectivity index (χ2v) is 7.00. The van der Waals surface area contributed by atoms with Gasteiger partial charge in [-0.2, -0.15) is 5.10 Å². The number of nitrogens with zero attached hydrogens (tertiary/aromatic N) is 3. The first-order chi connectivity index (χ1) is 13.7. The molecule has 8 nitrogen and oxygen atoms in total. The normalized spacial score (nSPS) is 19.4. The highest BCUT2D eigenvalue weighted by Crippen LogP contribution is 2.32. The maximum Gasteiger partial charge on any atom is 0.341 e.